The minimum atomic E-state index is -1.63. The number of hydrogen-bond donors (Lipinski definition) is 5. The number of carbonyl (C=O) groups excluding carboxylic acids is 5. The summed E-state index contributed by atoms with van der Waals surface area (Å²) in [5, 5.41) is 59.1. The molecule has 0 bridgehead atoms. The Hall–Kier alpha value is -10.5. The fourth-order valence-corrected chi connectivity index (χ4v) is 21.3. The highest BCUT2D eigenvalue weighted by molar-refractivity contribution is 9.10. The Kier molecular flexibility index (Phi) is 40.7. The van der Waals surface area contributed by atoms with Gasteiger partial charge in [0.25, 0.3) is 5.91 Å². The number of urea groups is 4. The highest BCUT2D eigenvalue weighted by atomic mass is 79.9. The maximum Gasteiger partial charge on any atom is 0.336 e. The van der Waals surface area contributed by atoms with Crippen LogP contribution in [0.1, 0.15) is 199 Å². The van der Waals surface area contributed by atoms with E-state index < -0.39 is 55.6 Å². The van der Waals surface area contributed by atoms with Gasteiger partial charge in [-0.2, -0.15) is 0 Å². The summed E-state index contributed by atoms with van der Waals surface area (Å²) in [7, 11) is 0. The number of imide groups is 1. The monoisotopic (exact) mass is 2260 g/mol. The molecule has 9 amide bonds. The second-order valence-electron chi connectivity index (χ2n) is 37.7. The van der Waals surface area contributed by atoms with Gasteiger partial charge in [0.1, 0.15) is 9.86 Å². The summed E-state index contributed by atoms with van der Waals surface area (Å²) in [6.45, 7) is 31.1. The number of nitrogens with zero attached hydrogens (tertiary/aromatic N) is 8. The van der Waals surface area contributed by atoms with Crippen molar-refractivity contribution in [2.75, 3.05) is 39.2 Å². The van der Waals surface area contributed by atoms with Crippen LogP contribution in [0.2, 0.25) is 40.2 Å². The van der Waals surface area contributed by atoms with Crippen LogP contribution < -0.4 is 39.2 Å². The standard InChI is InChI=1S/3C26H26Cl2N2O2.C19H18Cl2N2O2.C7H7Br.C6H11BrO2.C6H12O2/c3*1-4-16-25(3)26(32,19-7-5-6-18(2)17-19)30(23-14-10-21(28)11-15-23)24(31)29(25)22-12-8-20(27)9-13-22;1-3-12-19(2)17(24)22(15-8-4-13(20)5-9-15)18(25)23(19)16-10-6-14(21)7-11-16;1-6-3-2-4-7(8)5-6;1-3-4-6(2,7)5(8)9;1-3-4-5(2)6(7)8/h3*5-15,17,32H,4,16H2,1-3H3;4-11H,3,12H2,1-2H3;2-5H,1H3;3-4H2,1-2H3,(H,8,9);5H,3-4H2,1-2H3,(H,7,8)/t2*25-,26?;;;;;/m10...../s1. The van der Waals surface area contributed by atoms with Crippen molar-refractivity contribution in [1.29, 1.82) is 0 Å². The van der Waals surface area contributed by atoms with E-state index in [0.717, 1.165) is 66.1 Å². The molecule has 146 heavy (non-hydrogen) atoms. The number of aliphatic carboxylic acids is 2. The van der Waals surface area contributed by atoms with E-state index in [1.165, 1.54) is 25.2 Å². The van der Waals surface area contributed by atoms with Crippen LogP contribution in [0.3, 0.4) is 0 Å². The second kappa shape index (κ2) is 50.7. The highest BCUT2D eigenvalue weighted by Gasteiger charge is 2.69. The summed E-state index contributed by atoms with van der Waals surface area (Å²) < 4.78 is 0.430. The fourth-order valence-electron chi connectivity index (χ4n) is 19.4. The van der Waals surface area contributed by atoms with Gasteiger partial charge in [0.05, 0.1) is 28.2 Å². The molecule has 20 nitrogen and oxygen atoms in total. The molecule has 772 valence electrons. The van der Waals surface area contributed by atoms with Crippen LogP contribution in [0.4, 0.5) is 64.7 Å². The van der Waals surface area contributed by atoms with E-state index in [-0.39, 0.29) is 35.9 Å². The van der Waals surface area contributed by atoms with Crippen LogP contribution >= 0.6 is 125 Å². The first kappa shape index (κ1) is 117. The molecular weight excluding hydrogens is 2140 g/mol. The van der Waals surface area contributed by atoms with Crippen LogP contribution in [0, 0.1) is 33.6 Å². The number of anilines is 8. The number of carboxylic acids is 2. The van der Waals surface area contributed by atoms with Crippen molar-refractivity contribution < 1.29 is 59.1 Å². The van der Waals surface area contributed by atoms with Gasteiger partial charge in [-0.15, -0.1) is 0 Å². The molecular formula is C116H126Br2Cl8N8O12. The Morgan fingerprint density at radius 2 is 0.568 bits per heavy atom. The van der Waals surface area contributed by atoms with Crippen LogP contribution in [-0.2, 0) is 31.6 Å². The van der Waals surface area contributed by atoms with Gasteiger partial charge in [-0.05, 0) is 307 Å². The molecule has 4 aliphatic heterocycles. The van der Waals surface area contributed by atoms with Crippen LogP contribution in [0.25, 0.3) is 0 Å². The molecule has 0 aromatic heterocycles. The van der Waals surface area contributed by atoms with Crippen molar-refractivity contribution in [1.82, 2.24) is 0 Å². The average Bonchev–Trinajstić information content (AvgIpc) is 1.54. The Morgan fingerprint density at radius 1 is 0.329 bits per heavy atom. The SMILES string of the molecule is CCCC(C)(Br)C(=O)O.CCCC(C)C(=O)O.CCCC1(C)C(=O)N(c2ccc(Cl)cc2)C(=O)N1c1ccc(Cl)cc1.CCCC1(C)N(c2ccc(Cl)cc2)C(=O)N(c2ccc(Cl)cc2)C1(O)c1cccc(C)c1.CCC[C@@]1(C)N(c2ccc(Cl)cc2)C(=O)N(c2ccc(Cl)cc2)C1(O)c1cccc(C)c1.CCC[C@]1(C)N(c2ccc(Cl)cc2)C(=O)N(c2ccc(Cl)cc2)C1(O)c1cccc(C)c1.Cc1cccc(Br)c1. The first-order valence-corrected chi connectivity index (χ1v) is 53.1. The highest BCUT2D eigenvalue weighted by Crippen LogP contribution is 2.58. The van der Waals surface area contributed by atoms with Crippen LogP contribution in [0.5, 0.6) is 0 Å². The molecule has 7 unspecified atom stereocenters. The van der Waals surface area contributed by atoms with E-state index in [4.69, 9.17) is 103 Å². The summed E-state index contributed by atoms with van der Waals surface area (Å²) in [6, 6.07) is 86.0. The fraction of sp³-hybridized carbons (Fsp3) is 0.319. The predicted octanol–water partition coefficient (Wildman–Crippen LogP) is 33.3. The maximum atomic E-state index is 14.1. The smallest absolute Gasteiger partial charge is 0.336 e. The summed E-state index contributed by atoms with van der Waals surface area (Å²) in [5.41, 5.74) is 2.50. The lowest BCUT2D eigenvalue weighted by atomic mass is 9.78. The third kappa shape index (κ3) is 25.4. The zero-order chi connectivity index (χ0) is 108. The molecule has 0 aliphatic carbocycles. The van der Waals surface area contributed by atoms with Crippen LogP contribution in [0.15, 0.2) is 296 Å². The minimum absolute atomic E-state index is 0.167. The third-order valence-corrected chi connectivity index (χ3v) is 29.8. The van der Waals surface area contributed by atoms with Gasteiger partial charge in [-0.25, -0.2) is 24.1 Å². The summed E-state index contributed by atoms with van der Waals surface area (Å²) >= 11 is 55.1. The molecule has 5 N–H and O–H groups in total. The van der Waals surface area contributed by atoms with Crippen molar-refractivity contribution in [2.45, 2.75) is 231 Å². The molecule has 30 heteroatoms. The molecule has 0 saturated carbocycles. The molecule has 0 spiro atoms. The Bertz CT molecular complexity index is 6060. The molecule has 4 aliphatic rings. The number of amides is 9. The molecule has 12 aromatic rings. The normalized spacial score (nSPS) is 21.0. The number of carbonyl (C=O) groups is 7. The average molecular weight is 2270 g/mol. The Labute approximate surface area is 914 Å². The number of rotatable bonds is 25. The van der Waals surface area contributed by atoms with Crippen molar-refractivity contribution >= 4 is 212 Å². The summed E-state index contributed by atoms with van der Waals surface area (Å²) in [5.74, 6) is -1.88. The lowest BCUT2D eigenvalue weighted by Gasteiger charge is -2.45. The van der Waals surface area contributed by atoms with Crippen molar-refractivity contribution in [3.8, 4) is 0 Å². The molecule has 16 rings (SSSR count). The van der Waals surface area contributed by atoms with Crippen LogP contribution in [-0.4, -0.2) is 94.0 Å². The summed E-state index contributed by atoms with van der Waals surface area (Å²) in [4.78, 5) is 101. The molecule has 4 saturated heterocycles. The topological polar surface area (TPSA) is 247 Å². The molecule has 4 heterocycles. The minimum Gasteiger partial charge on any atom is -0.481 e. The van der Waals surface area contributed by atoms with Crippen molar-refractivity contribution in [3.63, 3.8) is 0 Å². The number of alkyl halides is 1. The van der Waals surface area contributed by atoms with Gasteiger partial charge in [0.2, 0.25) is 0 Å². The second-order valence-corrected chi connectivity index (χ2v) is 43.9. The maximum absolute atomic E-state index is 14.1. The van der Waals surface area contributed by atoms with Gasteiger partial charge >= 0.3 is 36.1 Å². The quantitative estimate of drug-likeness (QED) is 0.0265. The van der Waals surface area contributed by atoms with E-state index in [1.807, 2.05) is 184 Å². The zero-order valence-corrected chi connectivity index (χ0v) is 93.9. The predicted molar refractivity (Wildman–Crippen MR) is 607 cm³/mol. The Morgan fingerprint density at radius 3 is 0.767 bits per heavy atom. The molecule has 12 aromatic carbocycles. The van der Waals surface area contributed by atoms with Crippen molar-refractivity contribution in [2.24, 2.45) is 5.92 Å². The van der Waals surface area contributed by atoms with Gasteiger partial charge in [0, 0.05) is 101 Å². The van der Waals surface area contributed by atoms with E-state index in [1.54, 1.807) is 198 Å². The van der Waals surface area contributed by atoms with Gasteiger partial charge in [-0.3, -0.25) is 48.7 Å². The van der Waals surface area contributed by atoms with Gasteiger partial charge in [0.15, 0.2) is 17.2 Å². The van der Waals surface area contributed by atoms with E-state index in [0.29, 0.717) is 134 Å². The lowest BCUT2D eigenvalue weighted by Crippen LogP contribution is -2.58. The molecule has 4 fully saturated rings. The number of benzene rings is 12. The lowest BCUT2D eigenvalue weighted by molar-refractivity contribution is -0.141. The number of aliphatic hydroxyl groups is 3. The number of aryl methyl sites for hydroxylation is 4. The van der Waals surface area contributed by atoms with E-state index >= 15 is 0 Å². The number of carboxylic acid groups (broad SMARTS) is 2. The first-order chi connectivity index (χ1) is 69.0. The third-order valence-electron chi connectivity index (χ3n) is 26.6. The first-order valence-electron chi connectivity index (χ1n) is 48.4. The Balaban J connectivity index is 0.000000185. The number of halogens is 10. The van der Waals surface area contributed by atoms with Crippen molar-refractivity contribution in [3.05, 3.63) is 375 Å². The van der Waals surface area contributed by atoms with E-state index in [2.05, 4.69) is 71.7 Å². The number of hydrogen-bond acceptors (Lipinski definition) is 10. The zero-order valence-electron chi connectivity index (χ0n) is 84.7. The van der Waals surface area contributed by atoms with E-state index in [9.17, 15) is 48.9 Å². The van der Waals surface area contributed by atoms with Gasteiger partial charge in [-0.1, -0.05) is 319 Å². The molecule has 0 radical (unpaired) electrons. The van der Waals surface area contributed by atoms with Gasteiger partial charge < -0.3 is 25.5 Å². The largest absolute Gasteiger partial charge is 0.481 e. The molecule has 9 atom stereocenters. The summed E-state index contributed by atoms with van der Waals surface area (Å²) in [6.07, 6.45) is 8.68.